The van der Waals surface area contributed by atoms with Crippen LogP contribution in [0.4, 0.5) is 15.8 Å². The Hall–Kier alpha value is -3.19. The molecule has 3 rings (SSSR count). The molecule has 0 aromatic heterocycles. The molecule has 5 nitrogen and oxygen atoms in total. The van der Waals surface area contributed by atoms with Gasteiger partial charge in [0, 0.05) is 21.5 Å². The van der Waals surface area contributed by atoms with Crippen LogP contribution in [0.15, 0.2) is 66.7 Å². The quantitative estimate of drug-likeness (QED) is 0.553. The number of nitrogens with two attached hydrogens (primary N) is 1. The summed E-state index contributed by atoms with van der Waals surface area (Å²) < 4.78 is 32.2. The van der Waals surface area contributed by atoms with Gasteiger partial charge in [-0.15, -0.1) is 0 Å². The first-order valence-electron chi connectivity index (χ1n) is 8.48. The van der Waals surface area contributed by atoms with E-state index >= 15 is 0 Å². The number of hydrogen-bond acceptors (Lipinski definition) is 4. The summed E-state index contributed by atoms with van der Waals surface area (Å²) in [4.78, 5) is 12.5. The summed E-state index contributed by atoms with van der Waals surface area (Å²) in [7, 11) is -2.64. The topological polar surface area (TPSA) is 96.0 Å². The summed E-state index contributed by atoms with van der Waals surface area (Å²) >= 11 is 0. The zero-order chi connectivity index (χ0) is 20.3. The van der Waals surface area contributed by atoms with Crippen LogP contribution >= 0.6 is 0 Å². The van der Waals surface area contributed by atoms with Crippen molar-refractivity contribution in [2.24, 2.45) is 0 Å². The van der Waals surface area contributed by atoms with Crippen LogP contribution in [-0.2, 0) is 15.5 Å². The molecule has 0 spiro atoms. The van der Waals surface area contributed by atoms with Gasteiger partial charge in [0.2, 0.25) is 0 Å². The minimum Gasteiger partial charge on any atom is -0.397 e. The van der Waals surface area contributed by atoms with Crippen molar-refractivity contribution in [2.75, 3.05) is 17.3 Å². The predicted molar refractivity (Wildman–Crippen MR) is 111 cm³/mol. The molecule has 0 radical (unpaired) electrons. The molecule has 0 aliphatic carbocycles. The lowest BCUT2D eigenvalue weighted by atomic mass is 10.0. The maximum Gasteiger partial charge on any atom is 0.255 e. The van der Waals surface area contributed by atoms with E-state index in [1.807, 2.05) is 0 Å². The molecule has 0 fully saturated rings. The van der Waals surface area contributed by atoms with E-state index in [4.69, 9.17) is 10.5 Å². The largest absolute Gasteiger partial charge is 0.397 e. The lowest BCUT2D eigenvalue weighted by molar-refractivity contribution is 0.102. The van der Waals surface area contributed by atoms with Crippen molar-refractivity contribution in [1.29, 1.82) is 4.78 Å². The molecular weight excluding hydrogens is 377 g/mol. The SMILES string of the molecule is CS(=N)(=O)Cc1ccc(C(=O)Nc2cc(-c3ccc(F)cc3)ccc2N)cc1. The Morgan fingerprint density at radius 2 is 1.64 bits per heavy atom. The van der Waals surface area contributed by atoms with Crippen molar-refractivity contribution in [3.8, 4) is 11.1 Å². The third kappa shape index (κ3) is 4.95. The molecule has 3 aromatic rings. The maximum absolute atomic E-state index is 13.1. The summed E-state index contributed by atoms with van der Waals surface area (Å²) in [5.74, 6) is -0.514. The van der Waals surface area contributed by atoms with Crippen LogP contribution in [0.2, 0.25) is 0 Å². The summed E-state index contributed by atoms with van der Waals surface area (Å²) in [5.41, 5.74) is 9.61. The summed E-state index contributed by atoms with van der Waals surface area (Å²) in [6, 6.07) is 17.9. The number of nitrogen functional groups attached to an aromatic ring is 1. The van der Waals surface area contributed by atoms with Crippen LogP contribution in [0.3, 0.4) is 0 Å². The number of nitrogens with one attached hydrogen (secondary N) is 2. The summed E-state index contributed by atoms with van der Waals surface area (Å²) in [6.07, 6.45) is 1.38. The molecule has 0 aliphatic rings. The van der Waals surface area contributed by atoms with Crippen LogP contribution in [0.5, 0.6) is 0 Å². The molecule has 3 aromatic carbocycles. The van der Waals surface area contributed by atoms with Crippen LogP contribution in [0.1, 0.15) is 15.9 Å². The number of carbonyl (C=O) groups excluding carboxylic acids is 1. The number of anilines is 2. The van der Waals surface area contributed by atoms with Gasteiger partial charge in [0.05, 0.1) is 17.1 Å². The highest BCUT2D eigenvalue weighted by atomic mass is 32.2. The third-order valence-electron chi connectivity index (χ3n) is 4.14. The van der Waals surface area contributed by atoms with Crippen LogP contribution in [0, 0.1) is 10.6 Å². The van der Waals surface area contributed by atoms with E-state index in [0.717, 1.165) is 16.7 Å². The minimum absolute atomic E-state index is 0.140. The smallest absolute Gasteiger partial charge is 0.255 e. The van der Waals surface area contributed by atoms with Gasteiger partial charge in [-0.2, -0.15) is 0 Å². The highest BCUT2D eigenvalue weighted by Crippen LogP contribution is 2.28. The molecule has 0 aliphatic heterocycles. The van der Waals surface area contributed by atoms with E-state index in [9.17, 15) is 13.4 Å². The average molecular weight is 397 g/mol. The summed E-state index contributed by atoms with van der Waals surface area (Å²) in [6.45, 7) is 0. The van der Waals surface area contributed by atoms with Gasteiger partial charge in [0.15, 0.2) is 0 Å². The lowest BCUT2D eigenvalue weighted by Crippen LogP contribution is -2.13. The third-order valence-corrected chi connectivity index (χ3v) is 5.02. The van der Waals surface area contributed by atoms with E-state index in [2.05, 4.69) is 5.32 Å². The van der Waals surface area contributed by atoms with Crippen molar-refractivity contribution < 1.29 is 13.4 Å². The zero-order valence-corrected chi connectivity index (χ0v) is 16.1. The Balaban J connectivity index is 1.80. The minimum atomic E-state index is -2.64. The Morgan fingerprint density at radius 3 is 2.25 bits per heavy atom. The highest BCUT2D eigenvalue weighted by Gasteiger charge is 2.10. The normalized spacial score (nSPS) is 12.9. The molecule has 0 saturated carbocycles. The molecule has 4 N–H and O–H groups in total. The zero-order valence-electron chi connectivity index (χ0n) is 15.2. The summed E-state index contributed by atoms with van der Waals surface area (Å²) in [5, 5.41) is 2.78. The van der Waals surface area contributed by atoms with Crippen molar-refractivity contribution in [3.05, 3.63) is 83.7 Å². The Kier molecular flexibility index (Phi) is 5.46. The molecule has 0 heterocycles. The van der Waals surface area contributed by atoms with Crippen LogP contribution in [0.25, 0.3) is 11.1 Å². The highest BCUT2D eigenvalue weighted by molar-refractivity contribution is 7.90. The van der Waals surface area contributed by atoms with Crippen molar-refractivity contribution in [3.63, 3.8) is 0 Å². The van der Waals surface area contributed by atoms with Gasteiger partial charge >= 0.3 is 0 Å². The second kappa shape index (κ2) is 7.82. The standard InChI is InChI=1S/C21H20FN3O2S/c1-28(24,27)13-14-2-4-16(5-3-14)21(26)25-20-12-17(8-11-19(20)23)15-6-9-18(22)10-7-15/h2-12,24H,13,23H2,1H3,(H,25,26). The molecule has 1 unspecified atom stereocenters. The molecule has 0 saturated heterocycles. The van der Waals surface area contributed by atoms with Gasteiger partial charge in [0.1, 0.15) is 5.82 Å². The monoisotopic (exact) mass is 397 g/mol. The van der Waals surface area contributed by atoms with Gasteiger partial charge < -0.3 is 11.1 Å². The van der Waals surface area contributed by atoms with E-state index in [0.29, 0.717) is 16.9 Å². The molecule has 7 heteroatoms. The van der Waals surface area contributed by atoms with E-state index < -0.39 is 9.73 Å². The fourth-order valence-electron chi connectivity index (χ4n) is 2.75. The molecule has 0 bridgehead atoms. The van der Waals surface area contributed by atoms with Crippen molar-refractivity contribution in [1.82, 2.24) is 0 Å². The fraction of sp³-hybridized carbons (Fsp3) is 0.0952. The first kappa shape index (κ1) is 19.6. The predicted octanol–water partition coefficient (Wildman–Crippen LogP) is 4.50. The maximum atomic E-state index is 13.1. The molecule has 1 amide bonds. The van der Waals surface area contributed by atoms with Gasteiger partial charge in [-0.25, -0.2) is 8.60 Å². The number of amides is 1. The molecule has 144 valence electrons. The average Bonchev–Trinajstić information content (AvgIpc) is 2.63. The van der Waals surface area contributed by atoms with Crippen molar-refractivity contribution in [2.45, 2.75) is 5.75 Å². The molecular formula is C21H20FN3O2S. The van der Waals surface area contributed by atoms with E-state index in [1.54, 1.807) is 54.6 Å². The molecule has 28 heavy (non-hydrogen) atoms. The Morgan fingerprint density at radius 1 is 1.04 bits per heavy atom. The first-order valence-corrected chi connectivity index (χ1v) is 10.6. The second-order valence-corrected chi connectivity index (χ2v) is 8.91. The van der Waals surface area contributed by atoms with Crippen LogP contribution < -0.4 is 11.1 Å². The lowest BCUT2D eigenvalue weighted by Gasteiger charge is -2.11. The van der Waals surface area contributed by atoms with Crippen molar-refractivity contribution >= 4 is 27.0 Å². The number of carbonyl (C=O) groups is 1. The van der Waals surface area contributed by atoms with E-state index in [-0.39, 0.29) is 17.5 Å². The van der Waals surface area contributed by atoms with Gasteiger partial charge in [-0.1, -0.05) is 30.3 Å². The van der Waals surface area contributed by atoms with Crippen LogP contribution in [-0.4, -0.2) is 16.4 Å². The molecule has 1 atom stereocenters. The van der Waals surface area contributed by atoms with E-state index in [1.165, 1.54) is 18.4 Å². The number of hydrogen-bond donors (Lipinski definition) is 3. The van der Waals surface area contributed by atoms with Gasteiger partial charge in [-0.3, -0.25) is 9.57 Å². The second-order valence-electron chi connectivity index (χ2n) is 6.61. The number of benzene rings is 3. The Bertz CT molecular complexity index is 1110. The first-order chi connectivity index (χ1) is 13.2. The van der Waals surface area contributed by atoms with Gasteiger partial charge in [-0.05, 0) is 53.1 Å². The Labute approximate surface area is 163 Å². The van der Waals surface area contributed by atoms with Gasteiger partial charge in [0.25, 0.3) is 5.91 Å². The number of halogens is 1. The fourth-order valence-corrected chi connectivity index (χ4v) is 3.58. The number of rotatable bonds is 5.